The van der Waals surface area contributed by atoms with E-state index in [4.69, 9.17) is 4.74 Å². The van der Waals surface area contributed by atoms with Crippen LogP contribution in [0.5, 0.6) is 0 Å². The van der Waals surface area contributed by atoms with Crippen molar-refractivity contribution in [3.8, 4) is 0 Å². The third kappa shape index (κ3) is 2.01. The van der Waals surface area contributed by atoms with Gasteiger partial charge in [0, 0.05) is 18.7 Å². The minimum Gasteiger partial charge on any atom is -0.364 e. The van der Waals surface area contributed by atoms with E-state index in [-0.39, 0.29) is 5.78 Å². The fraction of sp³-hybridized carbons (Fsp3) is 0.462. The molecule has 1 aliphatic rings. The second-order valence-corrected chi connectivity index (χ2v) is 4.07. The number of benzene rings is 1. The molecule has 1 aromatic rings. The number of rotatable bonds is 3. The fourth-order valence-corrected chi connectivity index (χ4v) is 2.05. The molecule has 1 fully saturated rings. The first-order chi connectivity index (χ1) is 7.78. The monoisotopic (exact) mass is 219 g/mol. The summed E-state index contributed by atoms with van der Waals surface area (Å²) in [5, 5.41) is 3.23. The molecule has 1 aromatic carbocycles. The zero-order valence-electron chi connectivity index (χ0n) is 9.53. The number of ether oxygens (including phenoxy) is 1. The molecule has 3 heteroatoms. The summed E-state index contributed by atoms with van der Waals surface area (Å²) in [6.45, 7) is 4.03. The quantitative estimate of drug-likeness (QED) is 0.785. The van der Waals surface area contributed by atoms with Crippen LogP contribution >= 0.6 is 0 Å². The molecule has 0 radical (unpaired) electrons. The first kappa shape index (κ1) is 11.3. The summed E-state index contributed by atoms with van der Waals surface area (Å²) in [4.78, 5) is 12.4. The second-order valence-electron chi connectivity index (χ2n) is 4.07. The van der Waals surface area contributed by atoms with Crippen molar-refractivity contribution >= 4 is 5.78 Å². The summed E-state index contributed by atoms with van der Waals surface area (Å²) in [6, 6.07) is 9.37. The van der Waals surface area contributed by atoms with E-state index in [9.17, 15) is 4.79 Å². The molecule has 16 heavy (non-hydrogen) atoms. The number of morpholine rings is 1. The van der Waals surface area contributed by atoms with Gasteiger partial charge in [-0.25, -0.2) is 0 Å². The summed E-state index contributed by atoms with van der Waals surface area (Å²) < 4.78 is 5.72. The average molecular weight is 219 g/mol. The Morgan fingerprint density at radius 1 is 1.44 bits per heavy atom. The van der Waals surface area contributed by atoms with Crippen LogP contribution in [0.3, 0.4) is 0 Å². The molecular formula is C13H17NO2. The molecule has 0 aromatic heterocycles. The van der Waals surface area contributed by atoms with Crippen LogP contribution in [0.25, 0.3) is 0 Å². The predicted molar refractivity (Wildman–Crippen MR) is 62.6 cm³/mol. The molecule has 1 atom stereocenters. The third-order valence-corrected chi connectivity index (χ3v) is 3.09. The summed E-state index contributed by atoms with van der Waals surface area (Å²) in [5.41, 5.74) is 0.0626. The Morgan fingerprint density at radius 3 is 2.75 bits per heavy atom. The molecule has 0 spiro atoms. The van der Waals surface area contributed by atoms with Crippen molar-refractivity contribution in [3.63, 3.8) is 0 Å². The molecule has 1 aliphatic heterocycles. The number of hydrogen-bond donors (Lipinski definition) is 1. The molecule has 0 bridgehead atoms. The molecule has 1 saturated heterocycles. The third-order valence-electron chi connectivity index (χ3n) is 3.09. The van der Waals surface area contributed by atoms with E-state index >= 15 is 0 Å². The van der Waals surface area contributed by atoms with Gasteiger partial charge in [0.05, 0.1) is 6.61 Å². The highest BCUT2D eigenvalue weighted by Gasteiger charge is 2.39. The van der Waals surface area contributed by atoms with Crippen LogP contribution in [0.4, 0.5) is 0 Å². The van der Waals surface area contributed by atoms with E-state index in [2.05, 4.69) is 5.32 Å². The molecule has 0 amide bonds. The van der Waals surface area contributed by atoms with Crippen LogP contribution in [0, 0.1) is 0 Å². The standard InChI is InChI=1S/C13H17NO2/c1-2-13(10-14-8-9-16-13)12(15)11-6-4-3-5-7-11/h3-7,14H,2,8-10H2,1H3. The van der Waals surface area contributed by atoms with Gasteiger partial charge in [0.15, 0.2) is 5.78 Å². The van der Waals surface area contributed by atoms with Crippen LogP contribution in [0.1, 0.15) is 23.7 Å². The fourth-order valence-electron chi connectivity index (χ4n) is 2.05. The highest BCUT2D eigenvalue weighted by atomic mass is 16.5. The number of Topliss-reactive ketones (excluding diaryl/α,β-unsaturated/α-hetero) is 1. The Morgan fingerprint density at radius 2 is 2.19 bits per heavy atom. The van der Waals surface area contributed by atoms with Crippen LogP contribution in [-0.2, 0) is 4.74 Å². The van der Waals surface area contributed by atoms with Crippen molar-refractivity contribution in [3.05, 3.63) is 35.9 Å². The van der Waals surface area contributed by atoms with E-state index in [1.807, 2.05) is 37.3 Å². The van der Waals surface area contributed by atoms with E-state index in [1.54, 1.807) is 0 Å². The Kier molecular flexibility index (Phi) is 3.36. The minimum atomic E-state index is -0.667. The van der Waals surface area contributed by atoms with Gasteiger partial charge >= 0.3 is 0 Å². The van der Waals surface area contributed by atoms with Crippen LogP contribution in [-0.4, -0.2) is 31.1 Å². The molecular weight excluding hydrogens is 202 g/mol. The molecule has 0 aliphatic carbocycles. The highest BCUT2D eigenvalue weighted by Crippen LogP contribution is 2.23. The van der Waals surface area contributed by atoms with Crippen molar-refractivity contribution in [2.45, 2.75) is 18.9 Å². The zero-order chi connectivity index (χ0) is 11.4. The summed E-state index contributed by atoms with van der Waals surface area (Å²) in [6.07, 6.45) is 0.702. The molecule has 2 rings (SSSR count). The largest absolute Gasteiger partial charge is 0.364 e. The summed E-state index contributed by atoms with van der Waals surface area (Å²) in [5.74, 6) is 0.0859. The number of nitrogens with one attached hydrogen (secondary N) is 1. The van der Waals surface area contributed by atoms with Crippen molar-refractivity contribution in [2.24, 2.45) is 0 Å². The molecule has 0 saturated carbocycles. The Balaban J connectivity index is 2.24. The Bertz CT molecular complexity index is 355. The maximum absolute atomic E-state index is 12.4. The zero-order valence-corrected chi connectivity index (χ0v) is 9.53. The van der Waals surface area contributed by atoms with Gasteiger partial charge in [0.1, 0.15) is 5.60 Å². The van der Waals surface area contributed by atoms with Crippen molar-refractivity contribution in [2.75, 3.05) is 19.7 Å². The molecule has 3 nitrogen and oxygen atoms in total. The van der Waals surface area contributed by atoms with Crippen molar-refractivity contribution in [1.82, 2.24) is 5.32 Å². The number of carbonyl (C=O) groups excluding carboxylic acids is 1. The smallest absolute Gasteiger partial charge is 0.195 e. The van der Waals surface area contributed by atoms with E-state index in [0.717, 1.165) is 12.1 Å². The van der Waals surface area contributed by atoms with Gasteiger partial charge < -0.3 is 10.1 Å². The lowest BCUT2D eigenvalue weighted by molar-refractivity contribution is -0.0451. The van der Waals surface area contributed by atoms with Gasteiger partial charge in [0.25, 0.3) is 0 Å². The van der Waals surface area contributed by atoms with E-state index < -0.39 is 5.60 Å². The Labute approximate surface area is 95.8 Å². The maximum Gasteiger partial charge on any atom is 0.195 e. The minimum absolute atomic E-state index is 0.0859. The lowest BCUT2D eigenvalue weighted by Crippen LogP contribution is -2.54. The first-order valence-corrected chi connectivity index (χ1v) is 5.73. The average Bonchev–Trinajstić information content (AvgIpc) is 2.39. The Hall–Kier alpha value is -1.19. The molecule has 1 N–H and O–H groups in total. The summed E-state index contributed by atoms with van der Waals surface area (Å²) in [7, 11) is 0. The van der Waals surface area contributed by atoms with Crippen LogP contribution < -0.4 is 5.32 Å². The van der Waals surface area contributed by atoms with Gasteiger partial charge in [-0.3, -0.25) is 4.79 Å². The number of hydrogen-bond acceptors (Lipinski definition) is 3. The van der Waals surface area contributed by atoms with Crippen molar-refractivity contribution in [1.29, 1.82) is 0 Å². The summed E-state index contributed by atoms with van der Waals surface area (Å²) >= 11 is 0. The van der Waals surface area contributed by atoms with Crippen molar-refractivity contribution < 1.29 is 9.53 Å². The van der Waals surface area contributed by atoms with Gasteiger partial charge in [-0.05, 0) is 6.42 Å². The van der Waals surface area contributed by atoms with Crippen LogP contribution in [0.15, 0.2) is 30.3 Å². The molecule has 1 unspecified atom stereocenters. The second kappa shape index (κ2) is 4.76. The normalized spacial score (nSPS) is 25.3. The lowest BCUT2D eigenvalue weighted by atomic mass is 9.89. The topological polar surface area (TPSA) is 38.3 Å². The van der Waals surface area contributed by atoms with Crippen LogP contribution in [0.2, 0.25) is 0 Å². The highest BCUT2D eigenvalue weighted by molar-refractivity contribution is 6.02. The van der Waals surface area contributed by atoms with Gasteiger partial charge in [-0.2, -0.15) is 0 Å². The molecule has 86 valence electrons. The number of ketones is 1. The number of carbonyl (C=O) groups is 1. The SMILES string of the molecule is CCC1(C(=O)c2ccccc2)CNCCO1. The lowest BCUT2D eigenvalue weighted by Gasteiger charge is -2.35. The van der Waals surface area contributed by atoms with E-state index in [0.29, 0.717) is 19.6 Å². The van der Waals surface area contributed by atoms with Gasteiger partial charge in [-0.1, -0.05) is 37.3 Å². The first-order valence-electron chi connectivity index (χ1n) is 5.73. The van der Waals surface area contributed by atoms with E-state index in [1.165, 1.54) is 0 Å². The molecule has 1 heterocycles. The predicted octanol–water partition coefficient (Wildman–Crippen LogP) is 1.64. The van der Waals surface area contributed by atoms with Gasteiger partial charge in [-0.15, -0.1) is 0 Å². The van der Waals surface area contributed by atoms with Gasteiger partial charge in [0.2, 0.25) is 0 Å². The maximum atomic E-state index is 12.4.